The second-order valence-electron chi connectivity index (χ2n) is 15.5. The van der Waals surface area contributed by atoms with E-state index in [1.807, 2.05) is 39.8 Å². The van der Waals surface area contributed by atoms with Crippen LogP contribution in [-0.4, -0.2) is 20.4 Å². The summed E-state index contributed by atoms with van der Waals surface area (Å²) in [5.41, 5.74) is 8.80. The molecule has 0 aromatic heterocycles. The Morgan fingerprint density at radius 3 is 1.33 bits per heavy atom. The number of aromatic hydroxyl groups is 4. The van der Waals surface area contributed by atoms with Gasteiger partial charge in [0.15, 0.2) is 0 Å². The second kappa shape index (κ2) is 10.2. The fraction of sp³-hybridized carbons (Fsp3) is 0.463. The average molecular weight is 605 g/mol. The van der Waals surface area contributed by atoms with Crippen molar-refractivity contribution in [1.29, 1.82) is 0 Å². The average Bonchev–Trinajstić information content (AvgIpc) is 3.03. The molecule has 4 aromatic carbocycles. The molecule has 2 fully saturated rings. The lowest BCUT2D eigenvalue weighted by Gasteiger charge is -2.54. The topological polar surface area (TPSA) is 80.9 Å². The third-order valence-corrected chi connectivity index (χ3v) is 13.0. The van der Waals surface area contributed by atoms with Gasteiger partial charge in [0.2, 0.25) is 0 Å². The first-order valence-corrected chi connectivity index (χ1v) is 16.9. The Morgan fingerprint density at radius 2 is 0.933 bits per heavy atom. The maximum Gasteiger partial charge on any atom is 0.130 e. The maximum atomic E-state index is 10.8. The van der Waals surface area contributed by atoms with E-state index >= 15 is 0 Å². The molecule has 3 aliphatic carbocycles. The predicted molar refractivity (Wildman–Crippen MR) is 182 cm³/mol. The Kier molecular flexibility index (Phi) is 6.79. The van der Waals surface area contributed by atoms with Crippen LogP contribution in [0, 0.1) is 44.9 Å². The van der Waals surface area contributed by atoms with E-state index < -0.39 is 0 Å². The van der Waals surface area contributed by atoms with Crippen molar-refractivity contribution in [1.82, 2.24) is 0 Å². The van der Waals surface area contributed by atoms with Crippen molar-refractivity contribution in [3.05, 3.63) is 93.0 Å². The highest BCUT2D eigenvalue weighted by atomic mass is 16.3. The van der Waals surface area contributed by atoms with E-state index in [-0.39, 0.29) is 27.7 Å². The van der Waals surface area contributed by atoms with Crippen LogP contribution in [0.15, 0.2) is 48.5 Å². The van der Waals surface area contributed by atoms with Gasteiger partial charge in [0.05, 0.1) is 5.39 Å². The van der Waals surface area contributed by atoms with Crippen molar-refractivity contribution >= 4 is 10.8 Å². The van der Waals surface area contributed by atoms with Gasteiger partial charge in [-0.25, -0.2) is 0 Å². The van der Waals surface area contributed by atoms with Gasteiger partial charge in [0, 0.05) is 10.8 Å². The van der Waals surface area contributed by atoms with Gasteiger partial charge in [-0.05, 0) is 158 Å². The first kappa shape index (κ1) is 30.0. The molecule has 7 rings (SSSR count). The molecule has 4 aromatic rings. The number of hydrogen-bond acceptors (Lipinski definition) is 4. The van der Waals surface area contributed by atoms with Crippen molar-refractivity contribution in [2.75, 3.05) is 0 Å². The van der Waals surface area contributed by atoms with E-state index in [1.54, 1.807) is 0 Å². The molecule has 0 amide bonds. The van der Waals surface area contributed by atoms with Crippen LogP contribution in [0.2, 0.25) is 0 Å². The van der Waals surface area contributed by atoms with Crippen LogP contribution >= 0.6 is 0 Å². The van der Waals surface area contributed by atoms with Gasteiger partial charge in [0.1, 0.15) is 23.0 Å². The number of rotatable bonds is 4. The first-order valence-electron chi connectivity index (χ1n) is 16.9. The molecule has 0 atom stereocenters. The van der Waals surface area contributed by atoms with Crippen molar-refractivity contribution in [2.45, 2.75) is 104 Å². The minimum Gasteiger partial charge on any atom is -0.508 e. The largest absolute Gasteiger partial charge is 0.508 e. The minimum atomic E-state index is -0.138. The summed E-state index contributed by atoms with van der Waals surface area (Å²) in [5.74, 6) is 2.38. The van der Waals surface area contributed by atoms with Crippen LogP contribution < -0.4 is 0 Å². The maximum absolute atomic E-state index is 10.8. The Labute approximate surface area is 267 Å². The fourth-order valence-corrected chi connectivity index (χ4v) is 9.94. The van der Waals surface area contributed by atoms with Crippen LogP contribution in [0.4, 0.5) is 0 Å². The highest BCUT2D eigenvalue weighted by Gasteiger charge is 2.52. The van der Waals surface area contributed by atoms with Crippen LogP contribution in [0.1, 0.15) is 110 Å². The van der Waals surface area contributed by atoms with Crippen LogP contribution in [-0.2, 0) is 10.8 Å². The van der Waals surface area contributed by atoms with E-state index in [2.05, 4.69) is 50.2 Å². The zero-order valence-electron chi connectivity index (χ0n) is 27.7. The zero-order valence-corrected chi connectivity index (χ0v) is 27.7. The Bertz CT molecular complexity index is 1720. The van der Waals surface area contributed by atoms with Crippen LogP contribution in [0.25, 0.3) is 10.8 Å². The smallest absolute Gasteiger partial charge is 0.130 e. The summed E-state index contributed by atoms with van der Waals surface area (Å²) in [6.45, 7) is 12.9. The summed E-state index contributed by atoms with van der Waals surface area (Å²) in [5, 5.41) is 44.1. The standard InChI is InChI=1S/C41H48O4/c1-23-19-29(7-9-33(23)42)40(30-8-10-34(43)24(2)20-30)15-11-27(12-16-40)39(5,6)28-13-17-41(18-14-28)31-21-25(3)37(44)36-35(31)32(41)22-26(4)38(36)45/h7-10,19-22,27-28,42-45H,11-18H2,1-6H3. The van der Waals surface area contributed by atoms with Crippen molar-refractivity contribution in [2.24, 2.45) is 17.3 Å². The first-order chi connectivity index (χ1) is 21.3. The number of benzene rings is 4. The predicted octanol–water partition coefficient (Wildman–Crippen LogP) is 9.89. The Morgan fingerprint density at radius 1 is 0.533 bits per heavy atom. The Hall–Kier alpha value is -3.66. The number of phenolic OH excluding ortho intramolecular Hbond substituents is 4. The highest BCUT2D eigenvalue weighted by Crippen LogP contribution is 2.63. The fourth-order valence-electron chi connectivity index (χ4n) is 9.94. The van der Waals surface area contributed by atoms with Crippen molar-refractivity contribution in [3.63, 3.8) is 0 Å². The van der Waals surface area contributed by atoms with E-state index in [4.69, 9.17) is 0 Å². The molecular formula is C41H48O4. The molecule has 0 unspecified atom stereocenters. The number of phenols is 4. The molecular weight excluding hydrogens is 556 g/mol. The van der Waals surface area contributed by atoms with Crippen molar-refractivity contribution in [3.8, 4) is 23.0 Å². The molecule has 0 saturated heterocycles. The van der Waals surface area contributed by atoms with Gasteiger partial charge in [-0.15, -0.1) is 0 Å². The quantitative estimate of drug-likeness (QED) is 0.187. The summed E-state index contributed by atoms with van der Waals surface area (Å²) in [6, 6.07) is 16.6. The SMILES string of the molecule is Cc1cc(C2(c3ccc(O)c(C)c3)CCC(C(C)(C)C3CCC4(CC3)c3cc(C)c(O)c5c(O)c(C)cc4c35)CC2)ccc1O. The van der Waals surface area contributed by atoms with Gasteiger partial charge < -0.3 is 20.4 Å². The monoisotopic (exact) mass is 604 g/mol. The molecule has 0 aliphatic heterocycles. The van der Waals surface area contributed by atoms with Crippen LogP contribution in [0.5, 0.6) is 23.0 Å². The number of fused-ring (bicyclic) bond motifs is 2. The molecule has 0 heterocycles. The highest BCUT2D eigenvalue weighted by molar-refractivity contribution is 6.05. The molecule has 45 heavy (non-hydrogen) atoms. The number of hydrogen-bond donors (Lipinski definition) is 4. The normalized spacial score (nSPS) is 20.8. The summed E-state index contributed by atoms with van der Waals surface area (Å²) in [7, 11) is 0. The summed E-state index contributed by atoms with van der Waals surface area (Å²) in [4.78, 5) is 0. The Balaban J connectivity index is 1.13. The van der Waals surface area contributed by atoms with E-state index in [1.165, 1.54) is 35.1 Å². The second-order valence-corrected chi connectivity index (χ2v) is 15.5. The minimum absolute atomic E-state index is 0.0340. The molecule has 1 spiro atoms. The lowest BCUT2D eigenvalue weighted by atomic mass is 9.50. The van der Waals surface area contributed by atoms with Gasteiger partial charge in [-0.3, -0.25) is 0 Å². The van der Waals surface area contributed by atoms with Crippen molar-refractivity contribution < 1.29 is 20.4 Å². The molecule has 0 radical (unpaired) electrons. The van der Waals surface area contributed by atoms with E-state index in [0.717, 1.165) is 66.2 Å². The summed E-state index contributed by atoms with van der Waals surface area (Å²) in [6.07, 6.45) is 9.00. The molecule has 4 N–H and O–H groups in total. The van der Waals surface area contributed by atoms with E-state index in [9.17, 15) is 20.4 Å². The summed E-state index contributed by atoms with van der Waals surface area (Å²) >= 11 is 0. The lowest BCUT2D eigenvalue weighted by molar-refractivity contribution is 0.0357. The lowest BCUT2D eigenvalue weighted by Crippen LogP contribution is -2.45. The van der Waals surface area contributed by atoms with Crippen LogP contribution in [0.3, 0.4) is 0 Å². The molecule has 4 heteroatoms. The molecule has 236 valence electrons. The third kappa shape index (κ3) is 4.23. The van der Waals surface area contributed by atoms with Gasteiger partial charge in [-0.1, -0.05) is 50.2 Å². The van der Waals surface area contributed by atoms with Gasteiger partial charge in [-0.2, -0.15) is 0 Å². The van der Waals surface area contributed by atoms with Gasteiger partial charge in [0.25, 0.3) is 0 Å². The number of aryl methyl sites for hydroxylation is 4. The van der Waals surface area contributed by atoms with E-state index in [0.29, 0.717) is 28.7 Å². The molecule has 3 aliphatic rings. The molecule has 0 bridgehead atoms. The van der Waals surface area contributed by atoms with Gasteiger partial charge >= 0.3 is 0 Å². The third-order valence-electron chi connectivity index (χ3n) is 13.0. The summed E-state index contributed by atoms with van der Waals surface area (Å²) < 4.78 is 0. The molecule has 2 saturated carbocycles. The molecule has 4 nitrogen and oxygen atoms in total. The zero-order chi connectivity index (χ0) is 32.1.